The van der Waals surface area contributed by atoms with Gasteiger partial charge in [-0.2, -0.15) is 0 Å². The minimum absolute atomic E-state index is 0. The van der Waals surface area contributed by atoms with Crippen molar-refractivity contribution in [2.45, 2.75) is 40.5 Å². The number of ether oxygens (including phenoxy) is 1. The number of guanidine groups is 1. The molecule has 2 aromatic rings. The van der Waals surface area contributed by atoms with Crippen LogP contribution in [0.15, 0.2) is 53.5 Å². The fourth-order valence-corrected chi connectivity index (χ4v) is 2.58. The predicted molar refractivity (Wildman–Crippen MR) is 120 cm³/mol. The topological polar surface area (TPSA) is 45.7 Å². The van der Waals surface area contributed by atoms with Crippen molar-refractivity contribution in [3.05, 3.63) is 70.8 Å². The lowest BCUT2D eigenvalue weighted by Gasteiger charge is -2.14. The monoisotopic (exact) mass is 467 g/mol. The van der Waals surface area contributed by atoms with Gasteiger partial charge in [0.15, 0.2) is 5.96 Å². The molecule has 0 atom stereocenters. The number of halogens is 1. The molecule has 0 heterocycles. The van der Waals surface area contributed by atoms with Gasteiger partial charge in [0.25, 0.3) is 0 Å². The Hall–Kier alpha value is -1.60. The van der Waals surface area contributed by atoms with Gasteiger partial charge >= 0.3 is 0 Å². The average molecular weight is 467 g/mol. The smallest absolute Gasteiger partial charge is 0.191 e. The molecule has 0 spiro atoms. The van der Waals surface area contributed by atoms with Crippen LogP contribution in [0.25, 0.3) is 0 Å². The highest BCUT2D eigenvalue weighted by molar-refractivity contribution is 14.0. The van der Waals surface area contributed by atoms with E-state index in [2.05, 4.69) is 73.0 Å². The summed E-state index contributed by atoms with van der Waals surface area (Å²) in [6.07, 6.45) is 0. The van der Waals surface area contributed by atoms with Crippen molar-refractivity contribution >= 4 is 29.9 Å². The lowest BCUT2D eigenvalue weighted by molar-refractivity contribution is 0.133. The van der Waals surface area contributed by atoms with Crippen molar-refractivity contribution in [2.75, 3.05) is 13.2 Å². The molecular weight excluding hydrogens is 437 g/mol. The predicted octanol–water partition coefficient (Wildman–Crippen LogP) is 4.40. The van der Waals surface area contributed by atoms with Crippen LogP contribution in [0, 0.1) is 6.92 Å². The molecule has 4 nitrogen and oxygen atoms in total. The van der Waals surface area contributed by atoms with E-state index in [0.717, 1.165) is 25.7 Å². The molecule has 0 saturated heterocycles. The van der Waals surface area contributed by atoms with Crippen LogP contribution in [0.1, 0.15) is 36.1 Å². The first-order chi connectivity index (χ1) is 12.2. The Bertz CT molecular complexity index is 688. The van der Waals surface area contributed by atoms with Gasteiger partial charge in [-0.15, -0.1) is 24.0 Å². The summed E-state index contributed by atoms with van der Waals surface area (Å²) >= 11 is 0. The van der Waals surface area contributed by atoms with E-state index in [-0.39, 0.29) is 24.0 Å². The summed E-state index contributed by atoms with van der Waals surface area (Å²) < 4.78 is 5.56. The average Bonchev–Trinajstić information content (AvgIpc) is 2.63. The Labute approximate surface area is 174 Å². The van der Waals surface area contributed by atoms with Gasteiger partial charge in [-0.3, -0.25) is 0 Å². The van der Waals surface area contributed by atoms with Crippen LogP contribution in [-0.4, -0.2) is 19.1 Å². The number of aliphatic imine (C=N–C) groups is 1. The first-order valence-electron chi connectivity index (χ1n) is 8.95. The fraction of sp³-hybridized carbons (Fsp3) is 0.381. The van der Waals surface area contributed by atoms with Crippen LogP contribution in [0.5, 0.6) is 0 Å². The van der Waals surface area contributed by atoms with E-state index in [4.69, 9.17) is 9.73 Å². The summed E-state index contributed by atoms with van der Waals surface area (Å²) in [5.41, 5.74) is 4.92. The maximum Gasteiger partial charge on any atom is 0.191 e. The lowest BCUT2D eigenvalue weighted by Crippen LogP contribution is -2.37. The molecule has 142 valence electrons. The van der Waals surface area contributed by atoms with Gasteiger partial charge in [-0.25, -0.2) is 4.99 Å². The molecular formula is C21H30IN3O. The van der Waals surface area contributed by atoms with Crippen molar-refractivity contribution in [1.29, 1.82) is 0 Å². The largest absolute Gasteiger partial charge is 0.377 e. The molecule has 0 amide bonds. The minimum atomic E-state index is 0. The van der Waals surface area contributed by atoms with Gasteiger partial charge in [0.05, 0.1) is 13.2 Å². The zero-order valence-electron chi connectivity index (χ0n) is 15.9. The Morgan fingerprint density at radius 1 is 1.00 bits per heavy atom. The lowest BCUT2D eigenvalue weighted by atomic mass is 10.1. The van der Waals surface area contributed by atoms with Crippen molar-refractivity contribution in [3.63, 3.8) is 0 Å². The molecule has 5 heteroatoms. The van der Waals surface area contributed by atoms with Gasteiger partial charge < -0.3 is 15.4 Å². The molecule has 0 radical (unpaired) electrons. The van der Waals surface area contributed by atoms with Crippen LogP contribution in [0.3, 0.4) is 0 Å². The second kappa shape index (κ2) is 12.7. The molecule has 0 aliphatic rings. The van der Waals surface area contributed by atoms with Crippen LogP contribution in [0.2, 0.25) is 0 Å². The number of benzene rings is 2. The van der Waals surface area contributed by atoms with E-state index in [0.29, 0.717) is 13.2 Å². The number of hydrogen-bond donors (Lipinski definition) is 2. The Morgan fingerprint density at radius 3 is 2.46 bits per heavy atom. The molecule has 26 heavy (non-hydrogen) atoms. The van der Waals surface area contributed by atoms with E-state index in [9.17, 15) is 0 Å². The Morgan fingerprint density at radius 2 is 1.77 bits per heavy atom. The van der Waals surface area contributed by atoms with E-state index in [1.54, 1.807) is 0 Å². The maximum atomic E-state index is 5.56. The summed E-state index contributed by atoms with van der Waals surface area (Å²) in [5, 5.41) is 6.73. The number of nitrogens with zero attached hydrogens (tertiary/aromatic N) is 1. The second-order valence-electron chi connectivity index (χ2n) is 5.94. The third-order valence-corrected chi connectivity index (χ3v) is 3.87. The molecule has 0 aliphatic carbocycles. The second-order valence-corrected chi connectivity index (χ2v) is 5.94. The van der Waals surface area contributed by atoms with E-state index >= 15 is 0 Å². The van der Waals surface area contributed by atoms with Gasteiger partial charge in [-0.1, -0.05) is 54.1 Å². The van der Waals surface area contributed by atoms with Gasteiger partial charge in [-0.05, 0) is 37.5 Å². The Kier molecular flexibility index (Phi) is 11.0. The molecule has 0 saturated carbocycles. The van der Waals surface area contributed by atoms with E-state index in [1.807, 2.05) is 6.92 Å². The maximum absolute atomic E-state index is 5.56. The van der Waals surface area contributed by atoms with Gasteiger partial charge in [0.2, 0.25) is 0 Å². The molecule has 2 rings (SSSR count). The number of aryl methyl sites for hydroxylation is 1. The normalized spacial score (nSPS) is 11.0. The number of nitrogens with one attached hydrogen (secondary N) is 2. The van der Waals surface area contributed by atoms with Crippen LogP contribution >= 0.6 is 24.0 Å². The molecule has 2 aromatic carbocycles. The molecule has 0 fully saturated rings. The van der Waals surface area contributed by atoms with E-state index in [1.165, 1.54) is 22.3 Å². The molecule has 2 N–H and O–H groups in total. The van der Waals surface area contributed by atoms with Crippen LogP contribution in [-0.2, 0) is 24.4 Å². The first-order valence-corrected chi connectivity index (χ1v) is 8.95. The molecule has 0 unspecified atom stereocenters. The van der Waals surface area contributed by atoms with Crippen molar-refractivity contribution in [2.24, 2.45) is 4.99 Å². The van der Waals surface area contributed by atoms with Crippen molar-refractivity contribution in [1.82, 2.24) is 10.6 Å². The summed E-state index contributed by atoms with van der Waals surface area (Å²) in [7, 11) is 0. The zero-order chi connectivity index (χ0) is 17.9. The molecule has 0 aliphatic heterocycles. The molecule has 0 bridgehead atoms. The third kappa shape index (κ3) is 7.74. The van der Waals surface area contributed by atoms with Crippen molar-refractivity contribution in [3.8, 4) is 0 Å². The van der Waals surface area contributed by atoms with E-state index < -0.39 is 0 Å². The molecule has 0 aromatic heterocycles. The zero-order valence-corrected chi connectivity index (χ0v) is 18.2. The quantitative estimate of drug-likeness (QED) is 0.344. The summed E-state index contributed by atoms with van der Waals surface area (Å²) in [4.78, 5) is 4.69. The number of hydrogen-bond acceptors (Lipinski definition) is 2. The SMILES string of the molecule is CCNC(=NCc1cccc(C)c1)NCc1ccccc1COCC.I. The highest BCUT2D eigenvalue weighted by Gasteiger charge is 2.04. The fourth-order valence-electron chi connectivity index (χ4n) is 2.58. The van der Waals surface area contributed by atoms with Crippen LogP contribution in [0.4, 0.5) is 0 Å². The number of rotatable bonds is 8. The highest BCUT2D eigenvalue weighted by atomic mass is 127. The standard InChI is InChI=1S/C21H29N3O.HI/c1-4-22-21(23-14-18-10-8-9-17(3)13-18)24-15-19-11-6-7-12-20(19)16-25-5-2;/h6-13H,4-5,14-16H2,1-3H3,(H2,22,23,24);1H. The highest BCUT2D eigenvalue weighted by Crippen LogP contribution is 2.10. The summed E-state index contributed by atoms with van der Waals surface area (Å²) in [5.74, 6) is 0.829. The first kappa shape index (κ1) is 22.4. The van der Waals surface area contributed by atoms with Gasteiger partial charge in [0, 0.05) is 19.7 Å². The van der Waals surface area contributed by atoms with Gasteiger partial charge in [0.1, 0.15) is 0 Å². The Balaban J connectivity index is 0.00000338. The van der Waals surface area contributed by atoms with Crippen molar-refractivity contribution < 1.29 is 4.74 Å². The van der Waals surface area contributed by atoms with Crippen LogP contribution < -0.4 is 10.6 Å². The minimum Gasteiger partial charge on any atom is -0.377 e. The summed E-state index contributed by atoms with van der Waals surface area (Å²) in [6.45, 7) is 9.79. The third-order valence-electron chi connectivity index (χ3n) is 3.87. The summed E-state index contributed by atoms with van der Waals surface area (Å²) in [6, 6.07) is 16.8.